The lowest BCUT2D eigenvalue weighted by atomic mass is 10.0. The molecule has 1 aliphatic carbocycles. The highest BCUT2D eigenvalue weighted by Crippen LogP contribution is 2.41. The molecule has 166 valence electrons. The standard InChI is InChI=1S/C25H25ClN2O3S/c26-19-11-13-20(14-12-19)32(30,31)27-21-15-16-24(25(21)29)28-22-7-3-1-5-17(22)9-10-18-6-2-4-8-23(18)28/h1-8,11-14,21,24-25,27,29H,9-10,15-16H2/t21?,24?,25-/m1/s1. The number of aryl methyl sites for hydroxylation is 2. The van der Waals surface area contributed by atoms with Gasteiger partial charge in [0.1, 0.15) is 0 Å². The first-order valence-electron chi connectivity index (χ1n) is 10.8. The summed E-state index contributed by atoms with van der Waals surface area (Å²) in [5, 5.41) is 11.8. The van der Waals surface area contributed by atoms with Crippen molar-refractivity contribution in [1.82, 2.24) is 4.72 Å². The maximum absolute atomic E-state index is 12.9. The number of hydrogen-bond acceptors (Lipinski definition) is 4. The summed E-state index contributed by atoms with van der Waals surface area (Å²) in [4.78, 5) is 2.36. The molecule has 1 aliphatic heterocycles. The molecule has 32 heavy (non-hydrogen) atoms. The van der Waals surface area contributed by atoms with Crippen molar-refractivity contribution in [3.05, 3.63) is 88.9 Å². The summed E-state index contributed by atoms with van der Waals surface area (Å²) in [6, 6.07) is 21.8. The van der Waals surface area contributed by atoms with E-state index in [4.69, 9.17) is 11.6 Å². The van der Waals surface area contributed by atoms with E-state index in [2.05, 4.69) is 33.9 Å². The van der Waals surface area contributed by atoms with Crippen LogP contribution in [-0.4, -0.2) is 31.7 Å². The van der Waals surface area contributed by atoms with Crippen molar-refractivity contribution in [2.45, 2.75) is 48.8 Å². The Hall–Kier alpha value is -2.38. The molecule has 5 rings (SSSR count). The predicted molar refractivity (Wildman–Crippen MR) is 127 cm³/mol. The van der Waals surface area contributed by atoms with E-state index >= 15 is 0 Å². The number of para-hydroxylation sites is 2. The van der Waals surface area contributed by atoms with Crippen molar-refractivity contribution < 1.29 is 13.5 Å². The Morgan fingerprint density at radius 1 is 0.844 bits per heavy atom. The van der Waals surface area contributed by atoms with E-state index in [-0.39, 0.29) is 10.9 Å². The molecule has 3 aromatic rings. The summed E-state index contributed by atoms with van der Waals surface area (Å²) in [7, 11) is -3.76. The van der Waals surface area contributed by atoms with Gasteiger partial charge in [0.2, 0.25) is 10.0 Å². The zero-order chi connectivity index (χ0) is 22.3. The minimum Gasteiger partial charge on any atom is -0.389 e. The second-order valence-electron chi connectivity index (χ2n) is 8.44. The molecule has 7 heteroatoms. The van der Waals surface area contributed by atoms with Crippen LogP contribution in [0.15, 0.2) is 77.7 Å². The fourth-order valence-electron chi connectivity index (χ4n) is 4.92. The van der Waals surface area contributed by atoms with Gasteiger partial charge in [-0.1, -0.05) is 48.0 Å². The van der Waals surface area contributed by atoms with Gasteiger partial charge in [0, 0.05) is 16.4 Å². The molecule has 1 heterocycles. The molecule has 0 amide bonds. The number of halogens is 1. The Morgan fingerprint density at radius 3 is 2.00 bits per heavy atom. The van der Waals surface area contributed by atoms with E-state index in [1.807, 2.05) is 24.3 Å². The Labute approximate surface area is 193 Å². The van der Waals surface area contributed by atoms with E-state index in [0.717, 1.165) is 24.2 Å². The van der Waals surface area contributed by atoms with Gasteiger partial charge in [-0.3, -0.25) is 0 Å². The normalized spacial score (nSPS) is 22.8. The molecule has 0 bridgehead atoms. The van der Waals surface area contributed by atoms with E-state index in [0.29, 0.717) is 17.9 Å². The summed E-state index contributed by atoms with van der Waals surface area (Å²) in [5.74, 6) is 0. The van der Waals surface area contributed by atoms with Gasteiger partial charge in [0.05, 0.1) is 23.1 Å². The third kappa shape index (κ3) is 3.92. The topological polar surface area (TPSA) is 69.6 Å². The molecule has 2 N–H and O–H groups in total. The average Bonchev–Trinajstić information content (AvgIpc) is 3.04. The van der Waals surface area contributed by atoms with Gasteiger partial charge < -0.3 is 10.0 Å². The summed E-state index contributed by atoms with van der Waals surface area (Å²) in [6.45, 7) is 0. The molecule has 1 fully saturated rings. The number of sulfonamides is 1. The Balaban J connectivity index is 1.46. The maximum Gasteiger partial charge on any atom is 0.240 e. The third-order valence-corrected chi connectivity index (χ3v) is 8.27. The minimum absolute atomic E-state index is 0.142. The molecule has 0 radical (unpaired) electrons. The number of aliphatic hydroxyl groups is 1. The second kappa shape index (κ2) is 8.52. The Kier molecular flexibility index (Phi) is 5.72. The van der Waals surface area contributed by atoms with Crippen LogP contribution in [0, 0.1) is 0 Å². The van der Waals surface area contributed by atoms with Crippen LogP contribution in [0.3, 0.4) is 0 Å². The van der Waals surface area contributed by atoms with E-state index < -0.39 is 22.2 Å². The van der Waals surface area contributed by atoms with Crippen LogP contribution in [0.25, 0.3) is 0 Å². The molecule has 0 aromatic heterocycles. The van der Waals surface area contributed by atoms with Crippen LogP contribution in [0.5, 0.6) is 0 Å². The lowest BCUT2D eigenvalue weighted by molar-refractivity contribution is 0.142. The molecule has 3 atom stereocenters. The number of aliphatic hydroxyl groups excluding tert-OH is 1. The van der Waals surface area contributed by atoms with Gasteiger partial charge in [0.15, 0.2) is 0 Å². The van der Waals surface area contributed by atoms with Gasteiger partial charge in [0.25, 0.3) is 0 Å². The number of anilines is 2. The number of benzene rings is 3. The van der Waals surface area contributed by atoms with Crippen LogP contribution in [-0.2, 0) is 22.9 Å². The van der Waals surface area contributed by atoms with Gasteiger partial charge in [-0.15, -0.1) is 0 Å². The fraction of sp³-hybridized carbons (Fsp3) is 0.280. The van der Waals surface area contributed by atoms with Crippen LogP contribution < -0.4 is 9.62 Å². The Bertz CT molecular complexity index is 1180. The first kappa shape index (κ1) is 21.5. The number of fused-ring (bicyclic) bond motifs is 2. The second-order valence-corrected chi connectivity index (χ2v) is 10.6. The molecular weight excluding hydrogens is 444 g/mol. The average molecular weight is 469 g/mol. The number of nitrogens with one attached hydrogen (secondary N) is 1. The molecule has 3 aromatic carbocycles. The van der Waals surface area contributed by atoms with Crippen molar-refractivity contribution in [3.8, 4) is 0 Å². The van der Waals surface area contributed by atoms with Crippen LogP contribution in [0.1, 0.15) is 24.0 Å². The first-order valence-corrected chi connectivity index (χ1v) is 12.7. The summed E-state index contributed by atoms with van der Waals surface area (Å²) in [6.07, 6.45) is 2.24. The van der Waals surface area contributed by atoms with Gasteiger partial charge in [-0.05, 0) is 73.2 Å². The van der Waals surface area contributed by atoms with E-state index in [1.54, 1.807) is 12.1 Å². The molecule has 0 saturated heterocycles. The van der Waals surface area contributed by atoms with Crippen molar-refractivity contribution in [3.63, 3.8) is 0 Å². The molecule has 1 saturated carbocycles. The maximum atomic E-state index is 12.9. The monoisotopic (exact) mass is 468 g/mol. The van der Waals surface area contributed by atoms with Gasteiger partial charge >= 0.3 is 0 Å². The first-order chi connectivity index (χ1) is 15.4. The van der Waals surface area contributed by atoms with Crippen molar-refractivity contribution in [1.29, 1.82) is 0 Å². The molecule has 5 nitrogen and oxygen atoms in total. The number of nitrogens with zero attached hydrogens (tertiary/aromatic N) is 1. The molecule has 0 spiro atoms. The highest BCUT2D eigenvalue weighted by atomic mass is 35.5. The zero-order valence-electron chi connectivity index (χ0n) is 17.5. The SMILES string of the molecule is O=S(=O)(NC1CCC(N2c3ccccc3CCc3ccccc32)[C@@H]1O)c1ccc(Cl)cc1. The minimum atomic E-state index is -3.76. The van der Waals surface area contributed by atoms with E-state index in [9.17, 15) is 13.5 Å². The lowest BCUT2D eigenvalue weighted by Crippen LogP contribution is -2.47. The van der Waals surface area contributed by atoms with Crippen molar-refractivity contribution >= 4 is 33.0 Å². The van der Waals surface area contributed by atoms with E-state index in [1.165, 1.54) is 23.3 Å². The third-order valence-electron chi connectivity index (χ3n) is 6.51. The van der Waals surface area contributed by atoms with Crippen LogP contribution >= 0.6 is 11.6 Å². The summed E-state index contributed by atoms with van der Waals surface area (Å²) < 4.78 is 28.5. The quantitative estimate of drug-likeness (QED) is 0.593. The molecular formula is C25H25ClN2O3S. The Morgan fingerprint density at radius 2 is 1.41 bits per heavy atom. The fourth-order valence-corrected chi connectivity index (χ4v) is 6.33. The molecule has 2 unspecified atom stereocenters. The highest BCUT2D eigenvalue weighted by Gasteiger charge is 2.42. The van der Waals surface area contributed by atoms with Crippen molar-refractivity contribution in [2.75, 3.05) is 4.90 Å². The highest BCUT2D eigenvalue weighted by molar-refractivity contribution is 7.89. The zero-order valence-corrected chi connectivity index (χ0v) is 19.1. The van der Waals surface area contributed by atoms with Crippen LogP contribution in [0.2, 0.25) is 5.02 Å². The van der Waals surface area contributed by atoms with Crippen LogP contribution in [0.4, 0.5) is 11.4 Å². The summed E-state index contributed by atoms with van der Waals surface area (Å²) >= 11 is 5.90. The number of hydrogen-bond donors (Lipinski definition) is 2. The van der Waals surface area contributed by atoms with Gasteiger partial charge in [-0.25, -0.2) is 13.1 Å². The summed E-state index contributed by atoms with van der Waals surface area (Å²) in [5.41, 5.74) is 4.65. The predicted octanol–water partition coefficient (Wildman–Crippen LogP) is 4.45. The van der Waals surface area contributed by atoms with Gasteiger partial charge in [-0.2, -0.15) is 0 Å². The largest absolute Gasteiger partial charge is 0.389 e. The molecule has 2 aliphatic rings. The lowest BCUT2D eigenvalue weighted by Gasteiger charge is -2.35. The van der Waals surface area contributed by atoms with Crippen molar-refractivity contribution in [2.24, 2.45) is 0 Å². The number of rotatable bonds is 4. The smallest absolute Gasteiger partial charge is 0.240 e.